The van der Waals surface area contributed by atoms with Crippen molar-refractivity contribution in [1.82, 2.24) is 24.1 Å². The molecule has 0 amide bonds. The van der Waals surface area contributed by atoms with Crippen LogP contribution in [0.2, 0.25) is 0 Å². The molecule has 57 heavy (non-hydrogen) atoms. The molecule has 12 rings (SSSR count). The van der Waals surface area contributed by atoms with Crippen molar-refractivity contribution in [3.63, 3.8) is 0 Å². The fourth-order valence-electron chi connectivity index (χ4n) is 8.45. The van der Waals surface area contributed by atoms with Crippen LogP contribution >= 0.6 is 0 Å². The van der Waals surface area contributed by atoms with E-state index in [4.69, 9.17) is 15.0 Å². The fourth-order valence-corrected chi connectivity index (χ4v) is 8.45. The quantitative estimate of drug-likeness (QED) is 0.131. The Kier molecular flexibility index (Phi) is 7.67. The molecule has 0 unspecified atom stereocenters. The van der Waals surface area contributed by atoms with Gasteiger partial charge in [0, 0.05) is 29.1 Å². The molecule has 0 aliphatic heterocycles. The van der Waals surface area contributed by atoms with Gasteiger partial charge in [-0.2, -0.15) is 6.07 Å². The van der Waals surface area contributed by atoms with Crippen molar-refractivity contribution >= 4 is 76.2 Å². The van der Waals surface area contributed by atoms with Crippen LogP contribution in [0.15, 0.2) is 176 Å². The van der Waals surface area contributed by atoms with E-state index in [-0.39, 0.29) is 21.1 Å². The topological polar surface area (TPSA) is 48.5 Å². The predicted octanol–water partition coefficient (Wildman–Crippen LogP) is 12.5. The molecule has 6 heteroatoms. The summed E-state index contributed by atoms with van der Waals surface area (Å²) in [5.74, 6) is 0.843. The third kappa shape index (κ3) is 5.31. The molecule has 0 radical (unpaired) electrons. The summed E-state index contributed by atoms with van der Waals surface area (Å²) in [6, 6.07) is 65.4. The van der Waals surface area contributed by atoms with Crippen molar-refractivity contribution < 1.29 is 21.1 Å². The second-order valence-electron chi connectivity index (χ2n) is 14.4. The molecule has 0 atom stereocenters. The first-order valence-corrected chi connectivity index (χ1v) is 18.8. The minimum atomic E-state index is 0. The predicted molar refractivity (Wildman–Crippen MR) is 230 cm³/mol. The van der Waals surface area contributed by atoms with Crippen molar-refractivity contribution in [2.45, 2.75) is 0 Å². The second-order valence-corrected chi connectivity index (χ2v) is 14.4. The van der Waals surface area contributed by atoms with E-state index in [0.29, 0.717) is 0 Å². The van der Waals surface area contributed by atoms with E-state index in [2.05, 4.69) is 179 Å². The number of pyridine rings is 1. The third-order valence-corrected chi connectivity index (χ3v) is 11.1. The maximum Gasteiger partial charge on any atom is 2.00 e. The molecule has 4 aromatic heterocycles. The van der Waals surface area contributed by atoms with Gasteiger partial charge in [0.15, 0.2) is 0 Å². The van der Waals surface area contributed by atoms with Crippen LogP contribution in [0.25, 0.3) is 110 Å². The molecule has 5 nitrogen and oxygen atoms in total. The number of para-hydroxylation sites is 1. The zero-order valence-electron chi connectivity index (χ0n) is 30.3. The summed E-state index contributed by atoms with van der Waals surface area (Å²) in [6.45, 7) is 0. The minimum Gasteiger partial charge on any atom is -0.352 e. The Bertz CT molecular complexity index is 3550. The van der Waals surface area contributed by atoms with Gasteiger partial charge in [-0.25, -0.2) is 4.98 Å². The van der Waals surface area contributed by atoms with Gasteiger partial charge in [0.05, 0.1) is 11.0 Å². The van der Waals surface area contributed by atoms with Gasteiger partial charge in [-0.15, -0.1) is 41.3 Å². The van der Waals surface area contributed by atoms with E-state index in [1.807, 2.05) is 18.5 Å². The number of nitrogens with zero attached hydrogens (tertiary/aromatic N) is 5. The monoisotopic (exact) mass is 906 g/mol. The average Bonchev–Trinajstić information content (AvgIpc) is 3.76. The maximum atomic E-state index is 5.12. The van der Waals surface area contributed by atoms with Gasteiger partial charge in [0.25, 0.3) is 0 Å². The Labute approximate surface area is 341 Å². The number of rotatable bonds is 4. The fraction of sp³-hybridized carbons (Fsp3) is 0. The van der Waals surface area contributed by atoms with Crippen molar-refractivity contribution in [3.05, 3.63) is 188 Å². The first-order valence-electron chi connectivity index (χ1n) is 18.8. The number of hydrogen-bond acceptors (Lipinski definition) is 3. The van der Waals surface area contributed by atoms with Crippen LogP contribution in [-0.2, 0) is 21.1 Å². The van der Waals surface area contributed by atoms with Gasteiger partial charge in [0.1, 0.15) is 5.82 Å². The Hall–Kier alpha value is -6.94. The SMILES string of the molecule is [Pt+2].[c-]1c(-c2cnc3cc4ccccc4cc3n2)ccc2c3cc4ccccc4cc3n(-c3[c-]c4c(cc3)c3ccccc3n4-c3cc(-c4ccccc4)ccn3)c12. The molecule has 0 saturated carbocycles. The summed E-state index contributed by atoms with van der Waals surface area (Å²) in [5.41, 5.74) is 10.6. The molecular weight excluding hydrogens is 878 g/mol. The smallest absolute Gasteiger partial charge is 0.352 e. The molecule has 0 aliphatic rings. The summed E-state index contributed by atoms with van der Waals surface area (Å²) >= 11 is 0. The van der Waals surface area contributed by atoms with Crippen LogP contribution < -0.4 is 0 Å². The zero-order chi connectivity index (χ0) is 36.7. The van der Waals surface area contributed by atoms with E-state index < -0.39 is 0 Å². The number of benzene rings is 8. The summed E-state index contributed by atoms with van der Waals surface area (Å²) in [5, 5.41) is 9.20. The van der Waals surface area contributed by atoms with Gasteiger partial charge in [0.2, 0.25) is 0 Å². The van der Waals surface area contributed by atoms with Crippen LogP contribution in [0.5, 0.6) is 0 Å². The Morgan fingerprint density at radius 3 is 1.93 bits per heavy atom. The summed E-state index contributed by atoms with van der Waals surface area (Å²) in [7, 11) is 0. The molecule has 12 aromatic rings. The average molecular weight is 907 g/mol. The number of hydrogen-bond donors (Lipinski definition) is 0. The molecule has 8 aromatic carbocycles. The molecule has 0 aliphatic carbocycles. The van der Waals surface area contributed by atoms with Crippen LogP contribution in [0.4, 0.5) is 0 Å². The van der Waals surface area contributed by atoms with Crippen molar-refractivity contribution in [1.29, 1.82) is 0 Å². The first-order chi connectivity index (χ1) is 27.7. The van der Waals surface area contributed by atoms with Crippen molar-refractivity contribution in [2.24, 2.45) is 0 Å². The molecule has 4 heterocycles. The minimum absolute atomic E-state index is 0. The second kappa shape index (κ2) is 13.1. The normalized spacial score (nSPS) is 11.7. The molecular formula is C51H29N5Pt. The van der Waals surface area contributed by atoms with E-state index >= 15 is 0 Å². The Morgan fingerprint density at radius 2 is 1.11 bits per heavy atom. The Balaban J connectivity index is 0.00000374. The molecule has 0 N–H and O–H groups in total. The largest absolute Gasteiger partial charge is 2.00 e. The van der Waals surface area contributed by atoms with E-state index in [9.17, 15) is 0 Å². The maximum absolute atomic E-state index is 5.12. The molecule has 0 fully saturated rings. The molecule has 0 saturated heterocycles. The number of aromatic nitrogens is 5. The van der Waals surface area contributed by atoms with Crippen LogP contribution in [-0.4, -0.2) is 24.1 Å². The molecule has 0 bridgehead atoms. The summed E-state index contributed by atoms with van der Waals surface area (Å²) in [4.78, 5) is 14.9. The van der Waals surface area contributed by atoms with Crippen LogP contribution in [0.1, 0.15) is 0 Å². The summed E-state index contributed by atoms with van der Waals surface area (Å²) in [6.07, 6.45) is 3.76. The zero-order valence-corrected chi connectivity index (χ0v) is 32.6. The number of fused-ring (bicyclic) bond motifs is 9. The first kappa shape index (κ1) is 33.4. The van der Waals surface area contributed by atoms with E-state index in [1.165, 1.54) is 10.8 Å². The standard InChI is InChI=1S/C51H29N5.Pt/c1-2-10-32(11-3-1)37-22-23-52-51(29-37)56-47-17-9-8-16-40(47)41-21-19-39(30-50(41)56)55-48-28-38(18-20-42(48)43-24-33-12-4-7-15-36(33)27-49(43)55)46-31-53-44-25-34-13-5-6-14-35(34)26-45(44)54-46;/h1-27,29,31H;/q-2;+2. The van der Waals surface area contributed by atoms with Gasteiger partial charge in [-0.1, -0.05) is 120 Å². The molecule has 268 valence electrons. The van der Waals surface area contributed by atoms with Gasteiger partial charge < -0.3 is 9.13 Å². The van der Waals surface area contributed by atoms with Crippen LogP contribution in [0.3, 0.4) is 0 Å². The Morgan fingerprint density at radius 1 is 0.439 bits per heavy atom. The van der Waals surface area contributed by atoms with E-state index in [1.54, 1.807) is 0 Å². The third-order valence-electron chi connectivity index (χ3n) is 11.1. The van der Waals surface area contributed by atoms with E-state index in [0.717, 1.165) is 99.3 Å². The van der Waals surface area contributed by atoms with Crippen molar-refractivity contribution in [2.75, 3.05) is 0 Å². The molecule has 0 spiro atoms. The van der Waals surface area contributed by atoms with Gasteiger partial charge in [-0.05, 0) is 85.4 Å². The summed E-state index contributed by atoms with van der Waals surface area (Å²) < 4.78 is 4.55. The van der Waals surface area contributed by atoms with Gasteiger partial charge >= 0.3 is 21.1 Å². The van der Waals surface area contributed by atoms with Crippen molar-refractivity contribution in [3.8, 4) is 33.9 Å². The van der Waals surface area contributed by atoms with Crippen LogP contribution in [0, 0.1) is 12.1 Å². The van der Waals surface area contributed by atoms with Gasteiger partial charge in [-0.3, -0.25) is 9.97 Å².